The SMILES string of the molecule is C=CCCCCCCC=CCO. The molecule has 1 heteroatoms. The fraction of sp³-hybridized carbons (Fsp3) is 0.636. The lowest BCUT2D eigenvalue weighted by Crippen LogP contribution is -1.77. The third kappa shape index (κ3) is 9.44. The van der Waals surface area contributed by atoms with Crippen molar-refractivity contribution in [3.8, 4) is 0 Å². The highest BCUT2D eigenvalue weighted by molar-refractivity contribution is 4.80. The van der Waals surface area contributed by atoms with E-state index >= 15 is 0 Å². The van der Waals surface area contributed by atoms with Crippen LogP contribution in [0.15, 0.2) is 24.8 Å². The van der Waals surface area contributed by atoms with Gasteiger partial charge < -0.3 is 5.11 Å². The monoisotopic (exact) mass is 168 g/mol. The number of hydrogen-bond donors (Lipinski definition) is 1. The highest BCUT2D eigenvalue weighted by Crippen LogP contribution is 2.05. The van der Waals surface area contributed by atoms with Gasteiger partial charge in [-0.3, -0.25) is 0 Å². The summed E-state index contributed by atoms with van der Waals surface area (Å²) in [7, 11) is 0. The van der Waals surface area contributed by atoms with Crippen molar-refractivity contribution in [1.82, 2.24) is 0 Å². The van der Waals surface area contributed by atoms with Crippen LogP contribution in [0.2, 0.25) is 0 Å². The minimum atomic E-state index is 0.177. The third-order valence-corrected chi connectivity index (χ3v) is 1.80. The molecule has 1 N–H and O–H groups in total. The van der Waals surface area contributed by atoms with Crippen LogP contribution in [0.5, 0.6) is 0 Å². The molecule has 0 heterocycles. The topological polar surface area (TPSA) is 20.2 Å². The molecule has 0 aliphatic carbocycles. The van der Waals surface area contributed by atoms with Crippen LogP contribution in [-0.4, -0.2) is 11.7 Å². The van der Waals surface area contributed by atoms with Gasteiger partial charge in [0.1, 0.15) is 0 Å². The number of aliphatic hydroxyl groups is 1. The number of allylic oxidation sites excluding steroid dienone is 2. The van der Waals surface area contributed by atoms with Gasteiger partial charge in [0.15, 0.2) is 0 Å². The van der Waals surface area contributed by atoms with Gasteiger partial charge in [0.25, 0.3) is 0 Å². The summed E-state index contributed by atoms with van der Waals surface area (Å²) in [6.45, 7) is 3.86. The van der Waals surface area contributed by atoms with E-state index in [9.17, 15) is 0 Å². The molecule has 0 saturated heterocycles. The summed E-state index contributed by atoms with van der Waals surface area (Å²) in [5.41, 5.74) is 0. The van der Waals surface area contributed by atoms with Crippen LogP contribution >= 0.6 is 0 Å². The van der Waals surface area contributed by atoms with Crippen molar-refractivity contribution < 1.29 is 5.11 Å². The Hall–Kier alpha value is -0.560. The minimum Gasteiger partial charge on any atom is -0.392 e. The Balaban J connectivity index is 2.90. The fourth-order valence-electron chi connectivity index (χ4n) is 1.10. The van der Waals surface area contributed by atoms with Crippen molar-refractivity contribution in [1.29, 1.82) is 0 Å². The lowest BCUT2D eigenvalue weighted by Gasteiger charge is -1.95. The van der Waals surface area contributed by atoms with E-state index in [1.165, 1.54) is 25.7 Å². The zero-order chi connectivity index (χ0) is 9.07. The molecular formula is C11H20O. The van der Waals surface area contributed by atoms with Crippen molar-refractivity contribution >= 4 is 0 Å². The van der Waals surface area contributed by atoms with Crippen LogP contribution < -0.4 is 0 Å². The van der Waals surface area contributed by atoms with E-state index in [-0.39, 0.29) is 6.61 Å². The third-order valence-electron chi connectivity index (χ3n) is 1.80. The maximum atomic E-state index is 8.44. The van der Waals surface area contributed by atoms with Gasteiger partial charge in [-0.25, -0.2) is 0 Å². The summed E-state index contributed by atoms with van der Waals surface area (Å²) < 4.78 is 0. The molecule has 0 amide bonds. The summed E-state index contributed by atoms with van der Waals surface area (Å²) in [5.74, 6) is 0. The van der Waals surface area contributed by atoms with Crippen LogP contribution in [0.1, 0.15) is 38.5 Å². The second-order valence-electron chi connectivity index (χ2n) is 2.93. The van der Waals surface area contributed by atoms with E-state index in [1.54, 1.807) is 0 Å². The molecule has 70 valence electrons. The molecule has 0 aromatic heterocycles. The van der Waals surface area contributed by atoms with Crippen molar-refractivity contribution in [2.45, 2.75) is 38.5 Å². The van der Waals surface area contributed by atoms with E-state index in [0.717, 1.165) is 12.8 Å². The predicted octanol–water partition coefficient (Wildman–Crippen LogP) is 3.06. The predicted molar refractivity (Wildman–Crippen MR) is 54.1 cm³/mol. The molecule has 0 fully saturated rings. The maximum Gasteiger partial charge on any atom is 0.0612 e. The van der Waals surface area contributed by atoms with Gasteiger partial charge in [-0.2, -0.15) is 0 Å². The number of unbranched alkanes of at least 4 members (excludes halogenated alkanes) is 5. The minimum absolute atomic E-state index is 0.177. The van der Waals surface area contributed by atoms with E-state index in [1.807, 2.05) is 18.2 Å². The van der Waals surface area contributed by atoms with Gasteiger partial charge in [0.05, 0.1) is 6.61 Å². The number of hydrogen-bond acceptors (Lipinski definition) is 1. The lowest BCUT2D eigenvalue weighted by atomic mass is 10.1. The summed E-state index contributed by atoms with van der Waals surface area (Å²) >= 11 is 0. The normalized spacial score (nSPS) is 10.8. The molecule has 12 heavy (non-hydrogen) atoms. The van der Waals surface area contributed by atoms with Gasteiger partial charge in [-0.05, 0) is 25.7 Å². The van der Waals surface area contributed by atoms with E-state index in [0.29, 0.717) is 0 Å². The highest BCUT2D eigenvalue weighted by Gasteiger charge is 1.86. The lowest BCUT2D eigenvalue weighted by molar-refractivity contribution is 0.342. The Morgan fingerprint density at radius 2 is 1.58 bits per heavy atom. The largest absolute Gasteiger partial charge is 0.392 e. The maximum absolute atomic E-state index is 8.44. The average Bonchev–Trinajstić information content (AvgIpc) is 2.10. The van der Waals surface area contributed by atoms with Crippen molar-refractivity contribution in [3.05, 3.63) is 24.8 Å². The first kappa shape index (κ1) is 11.4. The molecule has 0 atom stereocenters. The van der Waals surface area contributed by atoms with Gasteiger partial charge in [-0.15, -0.1) is 6.58 Å². The first-order chi connectivity index (χ1) is 5.91. The van der Waals surface area contributed by atoms with Crippen LogP contribution in [0.3, 0.4) is 0 Å². The Labute approximate surface area is 75.8 Å². The molecule has 1 nitrogen and oxygen atoms in total. The second-order valence-corrected chi connectivity index (χ2v) is 2.93. The molecule has 0 aromatic carbocycles. The first-order valence-corrected chi connectivity index (χ1v) is 4.78. The Morgan fingerprint density at radius 1 is 0.917 bits per heavy atom. The molecule has 0 radical (unpaired) electrons. The first-order valence-electron chi connectivity index (χ1n) is 4.78. The van der Waals surface area contributed by atoms with Crippen molar-refractivity contribution in [2.75, 3.05) is 6.61 Å². The van der Waals surface area contributed by atoms with Gasteiger partial charge in [-0.1, -0.05) is 31.1 Å². The molecule has 0 aliphatic heterocycles. The van der Waals surface area contributed by atoms with E-state index < -0.39 is 0 Å². The zero-order valence-electron chi connectivity index (χ0n) is 7.84. The Kier molecular flexibility index (Phi) is 9.95. The van der Waals surface area contributed by atoms with Gasteiger partial charge in [0, 0.05) is 0 Å². The molecule has 0 bridgehead atoms. The molecule has 0 saturated carbocycles. The molecule has 0 aromatic rings. The highest BCUT2D eigenvalue weighted by atomic mass is 16.2. The van der Waals surface area contributed by atoms with Crippen LogP contribution in [0, 0.1) is 0 Å². The molecular weight excluding hydrogens is 148 g/mol. The average molecular weight is 168 g/mol. The summed E-state index contributed by atoms with van der Waals surface area (Å²) in [6, 6.07) is 0. The summed E-state index contributed by atoms with van der Waals surface area (Å²) in [5, 5.41) is 8.44. The molecule has 0 unspecified atom stereocenters. The smallest absolute Gasteiger partial charge is 0.0612 e. The standard InChI is InChI=1S/C11H20O/c1-2-3-4-5-6-7-8-9-10-11-12/h2,9-10,12H,1,3-8,11H2. The fourth-order valence-corrected chi connectivity index (χ4v) is 1.10. The van der Waals surface area contributed by atoms with Crippen molar-refractivity contribution in [3.63, 3.8) is 0 Å². The van der Waals surface area contributed by atoms with Gasteiger partial charge in [0.2, 0.25) is 0 Å². The summed E-state index contributed by atoms with van der Waals surface area (Å²) in [6.07, 6.45) is 13.2. The molecule has 0 spiro atoms. The molecule has 0 aliphatic rings. The second kappa shape index (κ2) is 10.4. The number of rotatable bonds is 8. The Bertz CT molecular complexity index is 116. The van der Waals surface area contributed by atoms with E-state index in [4.69, 9.17) is 5.11 Å². The quantitative estimate of drug-likeness (QED) is 0.436. The van der Waals surface area contributed by atoms with Gasteiger partial charge >= 0.3 is 0 Å². The molecule has 0 rings (SSSR count). The van der Waals surface area contributed by atoms with E-state index in [2.05, 4.69) is 6.58 Å². The summed E-state index contributed by atoms with van der Waals surface area (Å²) in [4.78, 5) is 0. The van der Waals surface area contributed by atoms with Crippen LogP contribution in [0.25, 0.3) is 0 Å². The zero-order valence-corrected chi connectivity index (χ0v) is 7.84. The van der Waals surface area contributed by atoms with Crippen molar-refractivity contribution in [2.24, 2.45) is 0 Å². The number of aliphatic hydroxyl groups excluding tert-OH is 1. The van der Waals surface area contributed by atoms with Crippen LogP contribution in [0.4, 0.5) is 0 Å². The van der Waals surface area contributed by atoms with Crippen LogP contribution in [-0.2, 0) is 0 Å². The Morgan fingerprint density at radius 3 is 2.17 bits per heavy atom.